The van der Waals surface area contributed by atoms with Gasteiger partial charge in [0.15, 0.2) is 0 Å². The van der Waals surface area contributed by atoms with Crippen LogP contribution in [0.1, 0.15) is 19.8 Å². The summed E-state index contributed by atoms with van der Waals surface area (Å²) in [6.45, 7) is 9.77. The summed E-state index contributed by atoms with van der Waals surface area (Å²) in [5.41, 5.74) is 1.05. The Bertz CT molecular complexity index is 357. The minimum Gasteiger partial charge on any atom is -0.497 e. The van der Waals surface area contributed by atoms with Crippen LogP contribution >= 0.6 is 0 Å². The van der Waals surface area contributed by atoms with E-state index in [4.69, 9.17) is 4.74 Å². The summed E-state index contributed by atoms with van der Waals surface area (Å²) in [5, 5.41) is 3.51. The number of anilines is 1. The highest BCUT2D eigenvalue weighted by atomic mass is 16.5. The van der Waals surface area contributed by atoms with E-state index < -0.39 is 0 Å². The summed E-state index contributed by atoms with van der Waals surface area (Å²) in [4.78, 5) is 0. The molecule has 1 rings (SSSR count). The average Bonchev–Trinajstić information content (AvgIpc) is 2.30. The van der Waals surface area contributed by atoms with Gasteiger partial charge >= 0.3 is 0 Å². The molecule has 0 saturated heterocycles. The van der Waals surface area contributed by atoms with Gasteiger partial charge < -0.3 is 10.1 Å². The van der Waals surface area contributed by atoms with Crippen molar-refractivity contribution in [1.82, 2.24) is 0 Å². The molecule has 17 heavy (non-hydrogen) atoms. The number of benzene rings is 1. The molecule has 0 aliphatic carbocycles. The van der Waals surface area contributed by atoms with E-state index in [1.54, 1.807) is 7.11 Å². The average molecular weight is 231 g/mol. The van der Waals surface area contributed by atoms with Gasteiger partial charge in [0.1, 0.15) is 5.75 Å². The Hall–Kier alpha value is -1.70. The molecule has 0 spiro atoms. The van der Waals surface area contributed by atoms with Crippen molar-refractivity contribution in [3.63, 3.8) is 0 Å². The number of methoxy groups -OCH3 is 1. The Morgan fingerprint density at radius 3 is 2.12 bits per heavy atom. The molecule has 1 aromatic rings. The lowest BCUT2D eigenvalue weighted by Crippen LogP contribution is -2.33. The van der Waals surface area contributed by atoms with Crippen molar-refractivity contribution in [1.29, 1.82) is 0 Å². The third kappa shape index (κ3) is 3.99. The van der Waals surface area contributed by atoms with Gasteiger partial charge in [-0.15, -0.1) is 13.2 Å². The number of rotatable bonds is 7. The number of nitrogens with one attached hydrogen (secondary N) is 1. The summed E-state index contributed by atoms with van der Waals surface area (Å²) in [5.74, 6) is 0.865. The van der Waals surface area contributed by atoms with Crippen LogP contribution in [0, 0.1) is 0 Å². The number of hydrogen-bond donors (Lipinski definition) is 1. The van der Waals surface area contributed by atoms with Crippen molar-refractivity contribution in [2.45, 2.75) is 25.3 Å². The third-order valence-electron chi connectivity index (χ3n) is 2.73. The molecule has 0 radical (unpaired) electrons. The molecule has 2 heteroatoms. The Morgan fingerprint density at radius 2 is 1.71 bits per heavy atom. The van der Waals surface area contributed by atoms with E-state index >= 15 is 0 Å². The second kappa shape index (κ2) is 6.14. The van der Waals surface area contributed by atoms with Crippen LogP contribution in [0.3, 0.4) is 0 Å². The third-order valence-corrected chi connectivity index (χ3v) is 2.73. The Balaban J connectivity index is 2.77. The van der Waals surface area contributed by atoms with Crippen molar-refractivity contribution in [2.24, 2.45) is 0 Å². The zero-order valence-electron chi connectivity index (χ0n) is 10.7. The smallest absolute Gasteiger partial charge is 0.119 e. The predicted molar refractivity (Wildman–Crippen MR) is 74.6 cm³/mol. The second-order valence-corrected chi connectivity index (χ2v) is 4.40. The van der Waals surface area contributed by atoms with Crippen molar-refractivity contribution >= 4 is 5.69 Å². The van der Waals surface area contributed by atoms with Crippen LogP contribution in [-0.4, -0.2) is 12.6 Å². The van der Waals surface area contributed by atoms with Gasteiger partial charge in [-0.25, -0.2) is 0 Å². The molecule has 0 aromatic heterocycles. The van der Waals surface area contributed by atoms with Crippen LogP contribution in [0.5, 0.6) is 5.75 Å². The van der Waals surface area contributed by atoms with Crippen molar-refractivity contribution in [3.05, 3.63) is 49.6 Å². The van der Waals surface area contributed by atoms with Gasteiger partial charge in [-0.2, -0.15) is 0 Å². The Morgan fingerprint density at radius 1 is 1.18 bits per heavy atom. The first-order valence-corrected chi connectivity index (χ1v) is 5.77. The first kappa shape index (κ1) is 13.4. The van der Waals surface area contributed by atoms with Crippen molar-refractivity contribution < 1.29 is 4.74 Å². The quantitative estimate of drug-likeness (QED) is 0.716. The fourth-order valence-electron chi connectivity index (χ4n) is 1.85. The molecule has 0 atom stereocenters. The van der Waals surface area contributed by atoms with Gasteiger partial charge in [-0.05, 0) is 44.0 Å². The molecule has 0 aliphatic rings. The first-order chi connectivity index (χ1) is 8.13. The summed E-state index contributed by atoms with van der Waals surface area (Å²) in [6, 6.07) is 7.93. The summed E-state index contributed by atoms with van der Waals surface area (Å²) >= 11 is 0. The highest BCUT2D eigenvalue weighted by molar-refractivity contribution is 5.48. The first-order valence-electron chi connectivity index (χ1n) is 5.77. The Labute approximate surface area is 104 Å². The summed E-state index contributed by atoms with van der Waals surface area (Å²) in [6.07, 6.45) is 5.65. The van der Waals surface area contributed by atoms with Crippen LogP contribution < -0.4 is 10.1 Å². The maximum absolute atomic E-state index is 5.13. The van der Waals surface area contributed by atoms with Crippen LogP contribution in [0.25, 0.3) is 0 Å². The maximum Gasteiger partial charge on any atom is 0.119 e. The van der Waals surface area contributed by atoms with Crippen LogP contribution in [0.2, 0.25) is 0 Å². The minimum absolute atomic E-state index is 0.0297. The molecule has 0 saturated carbocycles. The zero-order chi connectivity index (χ0) is 12.7. The fourth-order valence-corrected chi connectivity index (χ4v) is 1.85. The minimum atomic E-state index is -0.0297. The normalized spacial score (nSPS) is 10.7. The predicted octanol–water partition coefficient (Wildman–Crippen LogP) is 4.02. The number of hydrogen-bond acceptors (Lipinski definition) is 2. The van der Waals surface area contributed by atoms with Gasteiger partial charge in [-0.1, -0.05) is 12.2 Å². The molecule has 2 nitrogen and oxygen atoms in total. The molecular weight excluding hydrogens is 210 g/mol. The van der Waals surface area contributed by atoms with Crippen LogP contribution in [0.4, 0.5) is 5.69 Å². The van der Waals surface area contributed by atoms with E-state index in [0.29, 0.717) is 0 Å². The lowest BCUT2D eigenvalue weighted by molar-refractivity contribution is 0.415. The van der Waals surface area contributed by atoms with Crippen molar-refractivity contribution in [3.8, 4) is 5.75 Å². The summed E-state index contributed by atoms with van der Waals surface area (Å²) < 4.78 is 5.13. The molecule has 0 bridgehead atoms. The molecule has 0 amide bonds. The van der Waals surface area contributed by atoms with E-state index in [0.717, 1.165) is 24.3 Å². The molecule has 0 aliphatic heterocycles. The fraction of sp³-hybridized carbons (Fsp3) is 0.333. The van der Waals surface area contributed by atoms with Gasteiger partial charge in [-0.3, -0.25) is 0 Å². The second-order valence-electron chi connectivity index (χ2n) is 4.40. The van der Waals surface area contributed by atoms with E-state index in [9.17, 15) is 0 Å². The van der Waals surface area contributed by atoms with E-state index in [1.807, 2.05) is 36.4 Å². The van der Waals surface area contributed by atoms with Gasteiger partial charge in [0.2, 0.25) is 0 Å². The lowest BCUT2D eigenvalue weighted by Gasteiger charge is -2.30. The largest absolute Gasteiger partial charge is 0.497 e. The van der Waals surface area contributed by atoms with Crippen LogP contribution in [-0.2, 0) is 0 Å². The topological polar surface area (TPSA) is 21.3 Å². The molecular formula is C15H21NO. The molecule has 0 unspecified atom stereocenters. The molecule has 0 heterocycles. The Kier molecular flexibility index (Phi) is 4.83. The van der Waals surface area contributed by atoms with Gasteiger partial charge in [0.05, 0.1) is 7.11 Å². The summed E-state index contributed by atoms with van der Waals surface area (Å²) in [7, 11) is 1.67. The molecule has 1 N–H and O–H groups in total. The highest BCUT2D eigenvalue weighted by Crippen LogP contribution is 2.24. The molecule has 1 aromatic carbocycles. The van der Waals surface area contributed by atoms with E-state index in [-0.39, 0.29) is 5.54 Å². The lowest BCUT2D eigenvalue weighted by atomic mass is 9.93. The van der Waals surface area contributed by atoms with Gasteiger partial charge in [0.25, 0.3) is 0 Å². The molecule has 0 fully saturated rings. The van der Waals surface area contributed by atoms with E-state index in [1.165, 1.54) is 0 Å². The molecule has 92 valence electrons. The standard InChI is InChI=1S/C15H21NO/c1-5-11-15(3,12-6-2)16-13-7-9-14(17-4)10-8-13/h5-10,16H,1-2,11-12H2,3-4H3. The van der Waals surface area contributed by atoms with E-state index in [2.05, 4.69) is 25.4 Å². The monoisotopic (exact) mass is 231 g/mol. The highest BCUT2D eigenvalue weighted by Gasteiger charge is 2.20. The maximum atomic E-state index is 5.13. The van der Waals surface area contributed by atoms with Gasteiger partial charge in [0, 0.05) is 11.2 Å². The van der Waals surface area contributed by atoms with Crippen LogP contribution in [0.15, 0.2) is 49.6 Å². The van der Waals surface area contributed by atoms with Crippen molar-refractivity contribution in [2.75, 3.05) is 12.4 Å². The zero-order valence-corrected chi connectivity index (χ0v) is 10.7. The number of ether oxygens (including phenoxy) is 1. The SMILES string of the molecule is C=CCC(C)(CC=C)Nc1ccc(OC)cc1.